The number of amides is 1. The van der Waals surface area contributed by atoms with Crippen LogP contribution in [0.1, 0.15) is 5.56 Å². The number of ether oxygens (including phenoxy) is 1. The second kappa shape index (κ2) is 8.14. The number of carboxylic acids is 1. The van der Waals surface area contributed by atoms with Crippen molar-refractivity contribution in [1.82, 2.24) is 0 Å². The van der Waals surface area contributed by atoms with Gasteiger partial charge in [0, 0.05) is 16.2 Å². The van der Waals surface area contributed by atoms with Gasteiger partial charge in [-0.2, -0.15) is 0 Å². The van der Waals surface area contributed by atoms with Gasteiger partial charge >= 0.3 is 5.97 Å². The summed E-state index contributed by atoms with van der Waals surface area (Å²) in [6, 6.07) is 14.0. The van der Waals surface area contributed by atoms with Crippen LogP contribution in [0.2, 0.25) is 0 Å². The minimum absolute atomic E-state index is 0.114. The van der Waals surface area contributed by atoms with Gasteiger partial charge in [0.1, 0.15) is 5.75 Å². The molecule has 0 bridgehead atoms. The van der Waals surface area contributed by atoms with Crippen LogP contribution >= 0.6 is 15.9 Å². The van der Waals surface area contributed by atoms with Crippen molar-refractivity contribution in [3.05, 3.63) is 64.6 Å². The van der Waals surface area contributed by atoms with Crippen LogP contribution in [-0.4, -0.2) is 23.6 Å². The van der Waals surface area contributed by atoms with Gasteiger partial charge in [0.15, 0.2) is 6.61 Å². The van der Waals surface area contributed by atoms with E-state index >= 15 is 0 Å². The molecule has 0 saturated heterocycles. The molecule has 2 N–H and O–H groups in total. The molecular weight excluding hydrogens is 362 g/mol. The average Bonchev–Trinajstić information content (AvgIpc) is 2.53. The topological polar surface area (TPSA) is 75.6 Å². The Morgan fingerprint density at radius 1 is 1.17 bits per heavy atom. The Balaban J connectivity index is 1.91. The molecule has 0 fully saturated rings. The van der Waals surface area contributed by atoms with Crippen LogP contribution < -0.4 is 10.1 Å². The zero-order valence-corrected chi connectivity index (χ0v) is 13.6. The van der Waals surface area contributed by atoms with Crippen molar-refractivity contribution in [2.24, 2.45) is 0 Å². The Morgan fingerprint density at radius 3 is 2.61 bits per heavy atom. The van der Waals surface area contributed by atoms with Crippen LogP contribution in [0.15, 0.2) is 59.1 Å². The number of carbonyl (C=O) groups is 2. The molecule has 23 heavy (non-hydrogen) atoms. The first-order chi connectivity index (χ1) is 11.0. The molecular formula is C17H14BrNO4. The number of hydrogen-bond acceptors (Lipinski definition) is 3. The first-order valence-corrected chi connectivity index (χ1v) is 7.51. The Kier molecular flexibility index (Phi) is 5.94. The number of halogens is 1. The molecule has 0 aliphatic carbocycles. The fourth-order valence-corrected chi connectivity index (χ4v) is 2.03. The molecule has 6 heteroatoms. The highest BCUT2D eigenvalue weighted by Gasteiger charge is 2.04. The minimum atomic E-state index is -1.03. The van der Waals surface area contributed by atoms with E-state index in [1.807, 2.05) is 12.1 Å². The SMILES string of the molecule is O=C(O)/C=C/c1cccc(NC(=O)COc2ccc(Br)cc2)c1. The van der Waals surface area contributed by atoms with Crippen LogP contribution in [0, 0.1) is 0 Å². The second-order valence-corrected chi connectivity index (χ2v) is 5.50. The molecule has 0 aliphatic heterocycles. The molecule has 118 valence electrons. The maximum Gasteiger partial charge on any atom is 0.328 e. The lowest BCUT2D eigenvalue weighted by Gasteiger charge is -2.08. The van der Waals surface area contributed by atoms with E-state index < -0.39 is 5.97 Å². The predicted molar refractivity (Wildman–Crippen MR) is 91.4 cm³/mol. The molecule has 0 atom stereocenters. The zero-order valence-electron chi connectivity index (χ0n) is 12.0. The lowest BCUT2D eigenvalue weighted by Crippen LogP contribution is -2.20. The smallest absolute Gasteiger partial charge is 0.328 e. The summed E-state index contributed by atoms with van der Waals surface area (Å²) in [5, 5.41) is 11.3. The Labute approximate surface area is 141 Å². The van der Waals surface area contributed by atoms with Crippen molar-refractivity contribution in [2.45, 2.75) is 0 Å². The molecule has 0 aliphatic rings. The Hall–Kier alpha value is -2.60. The molecule has 2 aromatic rings. The third-order valence-electron chi connectivity index (χ3n) is 2.77. The normalized spacial score (nSPS) is 10.5. The largest absolute Gasteiger partial charge is 0.484 e. The van der Waals surface area contributed by atoms with Gasteiger partial charge in [-0.05, 0) is 48.0 Å². The maximum atomic E-state index is 11.9. The van der Waals surface area contributed by atoms with Gasteiger partial charge in [0.2, 0.25) is 0 Å². The van der Waals surface area contributed by atoms with E-state index in [-0.39, 0.29) is 12.5 Å². The minimum Gasteiger partial charge on any atom is -0.484 e. The average molecular weight is 376 g/mol. The van der Waals surface area contributed by atoms with Crippen LogP contribution in [0.25, 0.3) is 6.08 Å². The van der Waals surface area contributed by atoms with Crippen LogP contribution in [0.3, 0.4) is 0 Å². The fourth-order valence-electron chi connectivity index (χ4n) is 1.76. The molecule has 0 heterocycles. The van der Waals surface area contributed by atoms with Crippen molar-refractivity contribution in [1.29, 1.82) is 0 Å². The highest BCUT2D eigenvalue weighted by atomic mass is 79.9. The quantitative estimate of drug-likeness (QED) is 0.756. The van der Waals surface area contributed by atoms with E-state index in [1.54, 1.807) is 36.4 Å². The molecule has 0 spiro atoms. The molecule has 1 amide bonds. The number of hydrogen-bond donors (Lipinski definition) is 2. The summed E-state index contributed by atoms with van der Waals surface area (Å²) < 4.78 is 6.31. The van der Waals surface area contributed by atoms with Gasteiger partial charge in [0.05, 0.1) is 0 Å². The van der Waals surface area contributed by atoms with E-state index in [9.17, 15) is 9.59 Å². The summed E-state index contributed by atoms with van der Waals surface area (Å²) in [4.78, 5) is 22.4. The van der Waals surface area contributed by atoms with Crippen molar-refractivity contribution >= 4 is 39.6 Å². The Bertz CT molecular complexity index is 726. The summed E-state index contributed by atoms with van der Waals surface area (Å²) in [5.41, 5.74) is 1.25. The van der Waals surface area contributed by atoms with Gasteiger partial charge in [-0.3, -0.25) is 4.79 Å². The molecule has 2 rings (SSSR count). The van der Waals surface area contributed by atoms with Crippen molar-refractivity contribution in [3.63, 3.8) is 0 Å². The summed E-state index contributed by atoms with van der Waals surface area (Å²) in [7, 11) is 0. The number of carbonyl (C=O) groups excluding carboxylic acids is 1. The highest BCUT2D eigenvalue weighted by Crippen LogP contribution is 2.16. The zero-order chi connectivity index (χ0) is 16.7. The standard InChI is InChI=1S/C17H14BrNO4/c18-13-5-7-15(8-6-13)23-11-16(20)19-14-3-1-2-12(10-14)4-9-17(21)22/h1-10H,11H2,(H,19,20)(H,21,22)/b9-4+. The number of rotatable bonds is 6. The predicted octanol–water partition coefficient (Wildman–Crippen LogP) is 3.56. The van der Waals surface area contributed by atoms with E-state index in [0.717, 1.165) is 10.5 Å². The number of nitrogens with one attached hydrogen (secondary N) is 1. The number of carboxylic acid groups (broad SMARTS) is 1. The van der Waals surface area contributed by atoms with E-state index in [4.69, 9.17) is 9.84 Å². The number of aliphatic carboxylic acids is 1. The van der Waals surface area contributed by atoms with Crippen molar-refractivity contribution < 1.29 is 19.4 Å². The fraction of sp³-hybridized carbons (Fsp3) is 0.0588. The summed E-state index contributed by atoms with van der Waals surface area (Å²) >= 11 is 3.32. The van der Waals surface area contributed by atoms with E-state index in [0.29, 0.717) is 17.0 Å². The van der Waals surface area contributed by atoms with E-state index in [2.05, 4.69) is 21.2 Å². The van der Waals surface area contributed by atoms with Crippen LogP contribution in [0.5, 0.6) is 5.75 Å². The summed E-state index contributed by atoms with van der Waals surface area (Å²) in [6.45, 7) is -0.114. The lowest BCUT2D eigenvalue weighted by molar-refractivity contribution is -0.131. The molecule has 0 saturated carbocycles. The molecule has 0 radical (unpaired) electrons. The van der Waals surface area contributed by atoms with Gasteiger partial charge in [-0.15, -0.1) is 0 Å². The summed E-state index contributed by atoms with van der Waals surface area (Å²) in [5.74, 6) is -0.726. The number of anilines is 1. The molecule has 2 aromatic carbocycles. The van der Waals surface area contributed by atoms with Crippen LogP contribution in [0.4, 0.5) is 5.69 Å². The highest BCUT2D eigenvalue weighted by molar-refractivity contribution is 9.10. The molecule has 5 nitrogen and oxygen atoms in total. The van der Waals surface area contributed by atoms with E-state index in [1.165, 1.54) is 6.08 Å². The lowest BCUT2D eigenvalue weighted by atomic mass is 10.2. The number of benzene rings is 2. The monoisotopic (exact) mass is 375 g/mol. The van der Waals surface area contributed by atoms with Gasteiger partial charge in [0.25, 0.3) is 5.91 Å². The Morgan fingerprint density at radius 2 is 1.91 bits per heavy atom. The van der Waals surface area contributed by atoms with Crippen molar-refractivity contribution in [2.75, 3.05) is 11.9 Å². The second-order valence-electron chi connectivity index (χ2n) is 4.59. The third kappa shape index (κ3) is 5.96. The van der Waals surface area contributed by atoms with Gasteiger partial charge in [-0.1, -0.05) is 28.1 Å². The first kappa shape index (κ1) is 16.8. The van der Waals surface area contributed by atoms with Gasteiger partial charge < -0.3 is 15.2 Å². The van der Waals surface area contributed by atoms with Gasteiger partial charge in [-0.25, -0.2) is 4.79 Å². The maximum absolute atomic E-state index is 11.9. The molecule has 0 unspecified atom stereocenters. The summed E-state index contributed by atoms with van der Waals surface area (Å²) in [6.07, 6.45) is 2.49. The van der Waals surface area contributed by atoms with Crippen molar-refractivity contribution in [3.8, 4) is 5.75 Å². The molecule has 0 aromatic heterocycles. The third-order valence-corrected chi connectivity index (χ3v) is 3.30. The van der Waals surface area contributed by atoms with Crippen LogP contribution in [-0.2, 0) is 9.59 Å². The first-order valence-electron chi connectivity index (χ1n) is 6.72.